The Morgan fingerprint density at radius 3 is 2.08 bits per heavy atom. The Morgan fingerprint density at radius 1 is 0.944 bits per heavy atom. The van der Waals surface area contributed by atoms with E-state index in [0.717, 1.165) is 36.8 Å². The lowest BCUT2D eigenvalue weighted by atomic mass is 9.77. The average molecular weight is 536 g/mol. The summed E-state index contributed by atoms with van der Waals surface area (Å²) in [7, 11) is -3.22. The minimum absolute atomic E-state index is 0.0267. The Labute approximate surface area is 210 Å². The number of amides is 1. The lowest BCUT2D eigenvalue weighted by molar-refractivity contribution is -0.145. The average Bonchev–Trinajstić information content (AvgIpc) is 3.19. The van der Waals surface area contributed by atoms with Crippen LogP contribution in [-0.4, -0.2) is 47.8 Å². The zero-order chi connectivity index (χ0) is 26.1. The van der Waals surface area contributed by atoms with E-state index < -0.39 is 51.5 Å². The van der Waals surface area contributed by atoms with Crippen LogP contribution in [0.5, 0.6) is 0 Å². The van der Waals surface area contributed by atoms with E-state index in [4.69, 9.17) is 0 Å². The fourth-order valence-corrected chi connectivity index (χ4v) is 7.50. The van der Waals surface area contributed by atoms with Gasteiger partial charge in [0.05, 0.1) is 10.9 Å². The first-order chi connectivity index (χ1) is 16.9. The van der Waals surface area contributed by atoms with Crippen molar-refractivity contribution in [2.24, 2.45) is 0 Å². The Hall–Kier alpha value is -1.65. The third-order valence-electron chi connectivity index (χ3n) is 8.28. The lowest BCUT2D eigenvalue weighted by Crippen LogP contribution is -2.39. The van der Waals surface area contributed by atoms with Gasteiger partial charge in [-0.1, -0.05) is 19.3 Å². The monoisotopic (exact) mass is 535 g/mol. The third-order valence-corrected chi connectivity index (χ3v) is 9.96. The summed E-state index contributed by atoms with van der Waals surface area (Å²) in [5.41, 5.74) is -0.478. The van der Waals surface area contributed by atoms with Crippen LogP contribution in [0.4, 0.5) is 17.6 Å². The van der Waals surface area contributed by atoms with Crippen LogP contribution in [0.25, 0.3) is 0 Å². The SMILES string of the molecule is CS(=O)(=O)C1CCC(c2nn(CC(=O)NC3CCCCC3)c(C(F)(F)F)c2C2CCC(F)CC2)CC1. The second-order valence-corrected chi connectivity index (χ2v) is 13.3. The standard InChI is InChI=1S/C25H37F4N3O3S/c1-36(34,35)20-13-9-17(10-14-20)23-22(16-7-11-18(26)12-8-16)24(25(27,28)29)32(31-23)15-21(33)30-19-5-3-2-4-6-19/h16-20H,2-15H2,1H3,(H,30,33). The van der Waals surface area contributed by atoms with Gasteiger partial charge in [-0.15, -0.1) is 0 Å². The smallest absolute Gasteiger partial charge is 0.352 e. The highest BCUT2D eigenvalue weighted by molar-refractivity contribution is 7.91. The van der Waals surface area contributed by atoms with Crippen molar-refractivity contribution in [3.8, 4) is 0 Å². The maximum absolute atomic E-state index is 14.5. The predicted molar refractivity (Wildman–Crippen MR) is 128 cm³/mol. The fourth-order valence-electron chi connectivity index (χ4n) is 6.37. The first kappa shape index (κ1) is 27.4. The van der Waals surface area contributed by atoms with E-state index in [-0.39, 0.29) is 30.4 Å². The van der Waals surface area contributed by atoms with E-state index >= 15 is 0 Å². The molecule has 0 spiro atoms. The lowest BCUT2D eigenvalue weighted by Gasteiger charge is -2.30. The van der Waals surface area contributed by atoms with Crippen molar-refractivity contribution in [3.63, 3.8) is 0 Å². The summed E-state index contributed by atoms with van der Waals surface area (Å²) in [5, 5.41) is 6.79. The van der Waals surface area contributed by atoms with Crippen LogP contribution in [0.2, 0.25) is 0 Å². The number of hydrogen-bond donors (Lipinski definition) is 1. The Bertz CT molecular complexity index is 1020. The van der Waals surface area contributed by atoms with Crippen LogP contribution in [0.15, 0.2) is 0 Å². The number of alkyl halides is 4. The number of carbonyl (C=O) groups excluding carboxylic acids is 1. The summed E-state index contributed by atoms with van der Waals surface area (Å²) < 4.78 is 82.2. The van der Waals surface area contributed by atoms with Gasteiger partial charge in [-0.25, -0.2) is 12.8 Å². The molecular weight excluding hydrogens is 498 g/mol. The van der Waals surface area contributed by atoms with Gasteiger partial charge in [0, 0.05) is 23.8 Å². The first-order valence-electron chi connectivity index (χ1n) is 13.2. The van der Waals surface area contributed by atoms with Crippen LogP contribution in [-0.2, 0) is 27.4 Å². The minimum atomic E-state index is -4.72. The molecule has 0 bridgehead atoms. The highest BCUT2D eigenvalue weighted by atomic mass is 32.2. The minimum Gasteiger partial charge on any atom is -0.352 e. The fraction of sp³-hybridized carbons (Fsp3) is 0.840. The molecule has 0 aromatic carbocycles. The second kappa shape index (κ2) is 11.0. The molecule has 1 amide bonds. The van der Waals surface area contributed by atoms with Gasteiger partial charge >= 0.3 is 6.18 Å². The van der Waals surface area contributed by atoms with Crippen molar-refractivity contribution >= 4 is 15.7 Å². The number of nitrogens with zero attached hydrogens (tertiary/aromatic N) is 2. The molecular formula is C25H37F4N3O3S. The molecule has 36 heavy (non-hydrogen) atoms. The van der Waals surface area contributed by atoms with Crippen molar-refractivity contribution in [2.45, 2.75) is 125 Å². The van der Waals surface area contributed by atoms with E-state index in [2.05, 4.69) is 10.4 Å². The highest BCUT2D eigenvalue weighted by Gasteiger charge is 2.44. The van der Waals surface area contributed by atoms with Crippen LogP contribution in [0.3, 0.4) is 0 Å². The zero-order valence-corrected chi connectivity index (χ0v) is 21.6. The molecule has 1 aromatic rings. The number of aromatic nitrogens is 2. The van der Waals surface area contributed by atoms with Gasteiger partial charge in [-0.3, -0.25) is 9.48 Å². The molecule has 1 aromatic heterocycles. The Balaban J connectivity index is 1.66. The maximum Gasteiger partial charge on any atom is 0.433 e. The van der Waals surface area contributed by atoms with Crippen molar-refractivity contribution in [3.05, 3.63) is 17.0 Å². The number of nitrogens with one attached hydrogen (secondary N) is 1. The van der Waals surface area contributed by atoms with Gasteiger partial charge in [0.1, 0.15) is 28.2 Å². The molecule has 0 aliphatic heterocycles. The maximum atomic E-state index is 14.5. The zero-order valence-electron chi connectivity index (χ0n) is 20.8. The van der Waals surface area contributed by atoms with Crippen molar-refractivity contribution < 1.29 is 30.8 Å². The van der Waals surface area contributed by atoms with E-state index in [0.29, 0.717) is 44.2 Å². The number of rotatable bonds is 6. The Kier molecular flexibility index (Phi) is 8.36. The molecule has 3 aliphatic rings. The highest BCUT2D eigenvalue weighted by Crippen LogP contribution is 2.47. The van der Waals surface area contributed by atoms with Crippen LogP contribution >= 0.6 is 0 Å². The molecule has 0 radical (unpaired) electrons. The van der Waals surface area contributed by atoms with E-state index in [1.807, 2.05) is 0 Å². The molecule has 204 valence electrons. The molecule has 3 aliphatic carbocycles. The summed E-state index contributed by atoms with van der Waals surface area (Å²) in [6.45, 7) is -0.518. The van der Waals surface area contributed by atoms with Crippen molar-refractivity contribution in [1.29, 1.82) is 0 Å². The summed E-state index contributed by atoms with van der Waals surface area (Å²) in [6, 6.07) is -0.0267. The van der Waals surface area contributed by atoms with Crippen molar-refractivity contribution in [1.82, 2.24) is 15.1 Å². The van der Waals surface area contributed by atoms with E-state index in [1.165, 1.54) is 6.26 Å². The van der Waals surface area contributed by atoms with Crippen LogP contribution in [0.1, 0.15) is 112 Å². The van der Waals surface area contributed by atoms with Gasteiger partial charge in [-0.05, 0) is 70.1 Å². The molecule has 4 rings (SSSR count). The van der Waals surface area contributed by atoms with Crippen LogP contribution in [0, 0.1) is 0 Å². The van der Waals surface area contributed by atoms with Gasteiger partial charge in [0.25, 0.3) is 0 Å². The summed E-state index contributed by atoms with van der Waals surface area (Å²) in [4.78, 5) is 12.8. The van der Waals surface area contributed by atoms with Gasteiger partial charge in [-0.2, -0.15) is 18.3 Å². The van der Waals surface area contributed by atoms with Gasteiger partial charge in [0.2, 0.25) is 5.91 Å². The number of halogens is 4. The molecule has 1 N–H and O–H groups in total. The molecule has 3 fully saturated rings. The molecule has 3 saturated carbocycles. The molecule has 0 unspecified atom stereocenters. The van der Waals surface area contributed by atoms with Gasteiger partial charge in [0.15, 0.2) is 0 Å². The Morgan fingerprint density at radius 2 is 1.53 bits per heavy atom. The molecule has 6 nitrogen and oxygen atoms in total. The topological polar surface area (TPSA) is 81.1 Å². The second-order valence-electron chi connectivity index (χ2n) is 11.0. The molecule has 0 saturated heterocycles. The number of carbonyl (C=O) groups is 1. The number of hydrogen-bond acceptors (Lipinski definition) is 4. The van der Waals surface area contributed by atoms with Crippen LogP contribution < -0.4 is 5.32 Å². The van der Waals surface area contributed by atoms with E-state index in [1.54, 1.807) is 0 Å². The van der Waals surface area contributed by atoms with E-state index in [9.17, 15) is 30.8 Å². The molecule has 1 heterocycles. The summed E-state index contributed by atoms with van der Waals surface area (Å²) in [6.07, 6.45) is 2.78. The summed E-state index contributed by atoms with van der Waals surface area (Å²) in [5.74, 6) is -1.28. The molecule has 0 atom stereocenters. The predicted octanol–water partition coefficient (Wildman–Crippen LogP) is 5.42. The summed E-state index contributed by atoms with van der Waals surface area (Å²) >= 11 is 0. The van der Waals surface area contributed by atoms with Crippen molar-refractivity contribution in [2.75, 3.05) is 6.26 Å². The largest absolute Gasteiger partial charge is 0.433 e. The number of sulfone groups is 1. The normalized spacial score (nSPS) is 28.7. The quantitative estimate of drug-likeness (QED) is 0.494. The first-order valence-corrected chi connectivity index (χ1v) is 15.2. The molecule has 11 heteroatoms. The van der Waals surface area contributed by atoms with Gasteiger partial charge < -0.3 is 5.32 Å². The third kappa shape index (κ3) is 6.42.